The molecule has 0 saturated carbocycles. The molecule has 0 saturated heterocycles. The number of methoxy groups -OCH3 is 1. The Morgan fingerprint density at radius 1 is 1.42 bits per heavy atom. The molecule has 2 heteroatoms. The number of allylic oxidation sites excluding steroid dienone is 3. The van der Waals surface area contributed by atoms with Gasteiger partial charge in [-0.05, 0) is 12.0 Å². The fraction of sp³-hybridized carbons (Fsp3) is 0.500. The van der Waals surface area contributed by atoms with Crippen LogP contribution in [0.5, 0.6) is 0 Å². The second-order valence-electron chi connectivity index (χ2n) is 2.25. The van der Waals surface area contributed by atoms with Crippen molar-refractivity contribution in [3.05, 3.63) is 24.1 Å². The predicted octanol–water partition coefficient (Wildman–Crippen LogP) is 2.78. The van der Waals surface area contributed by atoms with Crippen LogP contribution in [0.4, 0.5) is 0 Å². The van der Waals surface area contributed by atoms with Crippen molar-refractivity contribution in [2.45, 2.75) is 20.8 Å². The SMILES string of the molecule is CC.COC1=CC(C)C=CN=C1. The van der Waals surface area contributed by atoms with E-state index in [9.17, 15) is 0 Å². The Hall–Kier alpha value is -1.05. The van der Waals surface area contributed by atoms with Crippen molar-refractivity contribution in [3.63, 3.8) is 0 Å². The van der Waals surface area contributed by atoms with Crippen LogP contribution in [-0.4, -0.2) is 13.3 Å². The minimum absolute atomic E-state index is 0.414. The fourth-order valence-corrected chi connectivity index (χ4v) is 0.780. The Balaban J connectivity index is 0.000000561. The maximum Gasteiger partial charge on any atom is 0.133 e. The van der Waals surface area contributed by atoms with Crippen molar-refractivity contribution in [2.75, 3.05) is 7.11 Å². The summed E-state index contributed by atoms with van der Waals surface area (Å²) in [6, 6.07) is 0. The van der Waals surface area contributed by atoms with E-state index in [1.165, 1.54) is 0 Å². The molecule has 1 heterocycles. The third-order valence-corrected chi connectivity index (χ3v) is 1.34. The van der Waals surface area contributed by atoms with Crippen LogP contribution in [-0.2, 0) is 4.74 Å². The molecule has 0 aliphatic carbocycles. The first-order chi connectivity index (χ1) is 5.83. The molecule has 1 aliphatic rings. The van der Waals surface area contributed by atoms with E-state index >= 15 is 0 Å². The highest BCUT2D eigenvalue weighted by atomic mass is 16.5. The summed E-state index contributed by atoms with van der Waals surface area (Å²) in [5.74, 6) is 1.25. The molecule has 0 aromatic rings. The molecular formula is C10H17NO. The van der Waals surface area contributed by atoms with Crippen molar-refractivity contribution < 1.29 is 4.74 Å². The molecular weight excluding hydrogens is 150 g/mol. The van der Waals surface area contributed by atoms with Crippen LogP contribution in [0.1, 0.15) is 20.8 Å². The van der Waals surface area contributed by atoms with Gasteiger partial charge < -0.3 is 4.74 Å². The fourth-order valence-electron chi connectivity index (χ4n) is 0.780. The molecule has 1 rings (SSSR count). The molecule has 0 amide bonds. The normalized spacial score (nSPS) is 20.3. The summed E-state index contributed by atoms with van der Waals surface area (Å²) in [7, 11) is 1.65. The van der Waals surface area contributed by atoms with Gasteiger partial charge in [0, 0.05) is 6.20 Å². The highest BCUT2D eigenvalue weighted by Gasteiger charge is 1.97. The van der Waals surface area contributed by atoms with Gasteiger partial charge in [0.2, 0.25) is 0 Å². The second kappa shape index (κ2) is 6.65. The van der Waals surface area contributed by atoms with E-state index in [0.29, 0.717) is 5.92 Å². The van der Waals surface area contributed by atoms with Crippen molar-refractivity contribution in [3.8, 4) is 0 Å². The zero-order valence-electron chi connectivity index (χ0n) is 8.24. The van der Waals surface area contributed by atoms with E-state index < -0.39 is 0 Å². The molecule has 0 bridgehead atoms. The van der Waals surface area contributed by atoms with Crippen LogP contribution in [0, 0.1) is 5.92 Å². The van der Waals surface area contributed by atoms with Gasteiger partial charge in [-0.15, -0.1) is 0 Å². The summed E-state index contributed by atoms with van der Waals surface area (Å²) in [6.07, 6.45) is 7.53. The highest BCUT2D eigenvalue weighted by Crippen LogP contribution is 2.07. The van der Waals surface area contributed by atoms with Crippen molar-refractivity contribution >= 4 is 6.21 Å². The third kappa shape index (κ3) is 3.96. The van der Waals surface area contributed by atoms with Crippen LogP contribution in [0.3, 0.4) is 0 Å². The van der Waals surface area contributed by atoms with E-state index in [1.807, 2.05) is 26.0 Å². The lowest BCUT2D eigenvalue weighted by molar-refractivity contribution is 0.314. The second-order valence-corrected chi connectivity index (χ2v) is 2.25. The molecule has 1 unspecified atom stereocenters. The summed E-state index contributed by atoms with van der Waals surface area (Å²) >= 11 is 0. The zero-order valence-corrected chi connectivity index (χ0v) is 8.24. The van der Waals surface area contributed by atoms with Gasteiger partial charge in [-0.1, -0.05) is 26.8 Å². The quantitative estimate of drug-likeness (QED) is 0.588. The number of ether oxygens (including phenoxy) is 1. The topological polar surface area (TPSA) is 21.6 Å². The highest BCUT2D eigenvalue weighted by molar-refractivity contribution is 5.76. The van der Waals surface area contributed by atoms with Crippen molar-refractivity contribution in [2.24, 2.45) is 10.9 Å². The summed E-state index contributed by atoms with van der Waals surface area (Å²) in [5, 5.41) is 0. The average Bonchev–Trinajstić information content (AvgIpc) is 2.33. The monoisotopic (exact) mass is 167 g/mol. The first-order valence-corrected chi connectivity index (χ1v) is 4.28. The Bertz CT molecular complexity index is 192. The summed E-state index contributed by atoms with van der Waals surface area (Å²) in [6.45, 7) is 6.09. The van der Waals surface area contributed by atoms with Gasteiger partial charge in [0.25, 0.3) is 0 Å². The molecule has 0 spiro atoms. The molecule has 0 aromatic carbocycles. The van der Waals surface area contributed by atoms with Crippen LogP contribution < -0.4 is 0 Å². The zero-order chi connectivity index (χ0) is 9.40. The molecule has 0 radical (unpaired) electrons. The van der Waals surface area contributed by atoms with E-state index in [-0.39, 0.29) is 0 Å². The molecule has 0 aromatic heterocycles. The molecule has 1 aliphatic heterocycles. The summed E-state index contributed by atoms with van der Waals surface area (Å²) < 4.78 is 5.01. The van der Waals surface area contributed by atoms with Gasteiger partial charge in [0.1, 0.15) is 5.76 Å². The van der Waals surface area contributed by atoms with Crippen LogP contribution >= 0.6 is 0 Å². The van der Waals surface area contributed by atoms with E-state index in [1.54, 1.807) is 19.5 Å². The van der Waals surface area contributed by atoms with E-state index in [0.717, 1.165) is 5.76 Å². The molecule has 2 nitrogen and oxygen atoms in total. The Labute approximate surface area is 74.7 Å². The van der Waals surface area contributed by atoms with Gasteiger partial charge in [-0.3, -0.25) is 4.99 Å². The minimum Gasteiger partial charge on any atom is -0.495 e. The average molecular weight is 167 g/mol. The molecule has 0 N–H and O–H groups in total. The smallest absolute Gasteiger partial charge is 0.133 e. The third-order valence-electron chi connectivity index (χ3n) is 1.34. The largest absolute Gasteiger partial charge is 0.495 e. The van der Waals surface area contributed by atoms with E-state index in [2.05, 4.69) is 11.9 Å². The van der Waals surface area contributed by atoms with Crippen LogP contribution in [0.2, 0.25) is 0 Å². The maximum absolute atomic E-state index is 5.01. The minimum atomic E-state index is 0.414. The lowest BCUT2D eigenvalue weighted by Crippen LogP contribution is -1.90. The predicted molar refractivity (Wildman–Crippen MR) is 53.2 cm³/mol. The maximum atomic E-state index is 5.01. The summed E-state index contributed by atoms with van der Waals surface area (Å²) in [5.41, 5.74) is 0. The number of aliphatic imine (C=N–C) groups is 1. The van der Waals surface area contributed by atoms with Gasteiger partial charge in [-0.25, -0.2) is 0 Å². The van der Waals surface area contributed by atoms with E-state index in [4.69, 9.17) is 4.74 Å². The first kappa shape index (κ1) is 11.0. The van der Waals surface area contributed by atoms with Gasteiger partial charge in [-0.2, -0.15) is 0 Å². The van der Waals surface area contributed by atoms with Gasteiger partial charge >= 0.3 is 0 Å². The summed E-state index contributed by atoms with van der Waals surface area (Å²) in [4.78, 5) is 3.97. The molecule has 0 fully saturated rings. The van der Waals surface area contributed by atoms with Crippen molar-refractivity contribution in [1.29, 1.82) is 0 Å². The van der Waals surface area contributed by atoms with Crippen LogP contribution in [0.25, 0.3) is 0 Å². The molecule has 1 atom stereocenters. The van der Waals surface area contributed by atoms with Gasteiger partial charge in [0.15, 0.2) is 0 Å². The molecule has 68 valence electrons. The Kier molecular flexibility index (Phi) is 6.07. The van der Waals surface area contributed by atoms with Crippen molar-refractivity contribution in [1.82, 2.24) is 0 Å². The number of hydrogen-bond donors (Lipinski definition) is 0. The number of hydrogen-bond acceptors (Lipinski definition) is 2. The Morgan fingerprint density at radius 3 is 2.67 bits per heavy atom. The molecule has 12 heavy (non-hydrogen) atoms. The lowest BCUT2D eigenvalue weighted by atomic mass is 10.1. The number of nitrogens with zero attached hydrogens (tertiary/aromatic N) is 1. The Morgan fingerprint density at radius 2 is 2.08 bits per heavy atom. The number of rotatable bonds is 1. The standard InChI is InChI=1S/C8H11NO.C2H6/c1-7-3-4-9-6-8(5-7)10-2;1-2/h3-7H,1-2H3;1-2H3. The van der Waals surface area contributed by atoms with Gasteiger partial charge in [0.05, 0.1) is 13.3 Å². The van der Waals surface area contributed by atoms with Crippen LogP contribution in [0.15, 0.2) is 29.1 Å². The lowest BCUT2D eigenvalue weighted by Gasteiger charge is -1.99. The first-order valence-electron chi connectivity index (χ1n) is 4.28.